The first-order chi connectivity index (χ1) is 9.56. The van der Waals surface area contributed by atoms with Gasteiger partial charge < -0.3 is 5.73 Å². The average molecular weight is 391 g/mol. The van der Waals surface area contributed by atoms with Gasteiger partial charge in [0.2, 0.25) is 0 Å². The van der Waals surface area contributed by atoms with Gasteiger partial charge in [-0.25, -0.2) is 0 Å². The second-order valence-corrected chi connectivity index (χ2v) is 7.20. The van der Waals surface area contributed by atoms with Crippen LogP contribution in [0, 0.1) is 0 Å². The third kappa shape index (κ3) is 4.68. The summed E-state index contributed by atoms with van der Waals surface area (Å²) in [6.45, 7) is 0. The molecular weight excluding hydrogens is 377 g/mol. The third-order valence-electron chi connectivity index (χ3n) is 2.78. The van der Waals surface area contributed by atoms with Crippen LogP contribution in [0.5, 0.6) is 0 Å². The number of benzene rings is 2. The molecule has 0 aliphatic rings. The molecule has 106 valence electrons. The number of rotatable bonds is 5. The molecule has 2 aromatic carbocycles. The smallest absolute Gasteiger partial charge is 0.0439 e. The first kappa shape index (κ1) is 16.2. The van der Waals surface area contributed by atoms with Crippen molar-refractivity contribution in [3.05, 3.63) is 62.5 Å². The molecule has 0 aromatic heterocycles. The van der Waals surface area contributed by atoms with E-state index < -0.39 is 0 Å². The molecule has 0 aliphatic heterocycles. The van der Waals surface area contributed by atoms with Gasteiger partial charge in [-0.2, -0.15) is 0 Å². The fraction of sp³-hybridized carbons (Fsp3) is 0.200. The van der Waals surface area contributed by atoms with E-state index in [0.29, 0.717) is 5.02 Å². The maximum atomic E-state index is 6.18. The summed E-state index contributed by atoms with van der Waals surface area (Å²) in [5.74, 6) is 0.825. The molecule has 0 radical (unpaired) electrons. The van der Waals surface area contributed by atoms with Gasteiger partial charge in [0.15, 0.2) is 0 Å². The molecular formula is C15H14BrCl2NS. The molecule has 2 aromatic rings. The molecule has 0 amide bonds. The standard InChI is InChI=1S/C15H14BrCl2NS/c16-13-3-1-2-4-15(13)20-9-12(19)8-10-7-11(17)5-6-14(10)18/h1-7,12H,8-9,19H2. The van der Waals surface area contributed by atoms with E-state index in [9.17, 15) is 0 Å². The number of thioether (sulfide) groups is 1. The summed E-state index contributed by atoms with van der Waals surface area (Å²) in [5, 5.41) is 1.41. The Balaban J connectivity index is 1.94. The van der Waals surface area contributed by atoms with Crippen LogP contribution in [-0.2, 0) is 6.42 Å². The first-order valence-corrected chi connectivity index (χ1v) is 8.66. The Labute approximate surface area is 142 Å². The predicted octanol–water partition coefficient (Wildman–Crippen LogP) is 5.42. The quantitative estimate of drug-likeness (QED) is 0.690. The summed E-state index contributed by atoms with van der Waals surface area (Å²) in [5.41, 5.74) is 7.18. The van der Waals surface area contributed by atoms with Crippen molar-refractivity contribution in [3.8, 4) is 0 Å². The molecule has 0 saturated carbocycles. The van der Waals surface area contributed by atoms with Crippen molar-refractivity contribution in [2.24, 2.45) is 5.73 Å². The second kappa shape index (κ2) is 7.71. The first-order valence-electron chi connectivity index (χ1n) is 6.13. The fourth-order valence-corrected chi connectivity index (χ4v) is 3.71. The molecule has 5 heteroatoms. The van der Waals surface area contributed by atoms with Crippen LogP contribution in [0.2, 0.25) is 10.0 Å². The number of nitrogens with two attached hydrogens (primary N) is 1. The van der Waals surface area contributed by atoms with Crippen molar-refractivity contribution in [2.75, 3.05) is 5.75 Å². The highest BCUT2D eigenvalue weighted by Gasteiger charge is 2.09. The summed E-state index contributed by atoms with van der Waals surface area (Å²) in [6, 6.07) is 13.6. The summed E-state index contributed by atoms with van der Waals surface area (Å²) in [4.78, 5) is 1.19. The van der Waals surface area contributed by atoms with Crippen LogP contribution in [0.3, 0.4) is 0 Å². The lowest BCUT2D eigenvalue weighted by molar-refractivity contribution is 0.749. The van der Waals surface area contributed by atoms with Gasteiger partial charge in [0.05, 0.1) is 0 Å². The van der Waals surface area contributed by atoms with Gasteiger partial charge >= 0.3 is 0 Å². The third-order valence-corrected chi connectivity index (χ3v) is 5.60. The van der Waals surface area contributed by atoms with Crippen LogP contribution in [0.15, 0.2) is 51.8 Å². The van der Waals surface area contributed by atoms with E-state index in [1.807, 2.05) is 30.3 Å². The molecule has 1 nitrogen and oxygen atoms in total. The minimum Gasteiger partial charge on any atom is -0.327 e. The Bertz CT molecular complexity index is 592. The Morgan fingerprint density at radius 2 is 1.90 bits per heavy atom. The van der Waals surface area contributed by atoms with Gasteiger partial charge in [-0.3, -0.25) is 0 Å². The topological polar surface area (TPSA) is 26.0 Å². The maximum Gasteiger partial charge on any atom is 0.0439 e. The molecule has 0 heterocycles. The molecule has 0 saturated heterocycles. The van der Waals surface area contributed by atoms with Crippen LogP contribution < -0.4 is 5.73 Å². The van der Waals surface area contributed by atoms with Gasteiger partial charge in [0, 0.05) is 31.2 Å². The van der Waals surface area contributed by atoms with Crippen molar-refractivity contribution in [1.29, 1.82) is 0 Å². The van der Waals surface area contributed by atoms with E-state index >= 15 is 0 Å². The lowest BCUT2D eigenvalue weighted by atomic mass is 10.1. The molecule has 0 fully saturated rings. The van der Waals surface area contributed by atoms with Crippen molar-refractivity contribution < 1.29 is 0 Å². The van der Waals surface area contributed by atoms with Crippen LogP contribution in [0.4, 0.5) is 0 Å². The molecule has 1 unspecified atom stereocenters. The Morgan fingerprint density at radius 1 is 1.15 bits per heavy atom. The number of halogens is 3. The van der Waals surface area contributed by atoms with E-state index in [1.54, 1.807) is 17.8 Å². The molecule has 2 rings (SSSR count). The normalized spacial score (nSPS) is 12.4. The molecule has 20 heavy (non-hydrogen) atoms. The summed E-state index contributed by atoms with van der Waals surface area (Å²) < 4.78 is 1.10. The molecule has 0 bridgehead atoms. The second-order valence-electron chi connectivity index (χ2n) is 4.44. The van der Waals surface area contributed by atoms with Crippen LogP contribution in [0.1, 0.15) is 5.56 Å². The van der Waals surface area contributed by atoms with E-state index in [4.69, 9.17) is 28.9 Å². The van der Waals surface area contributed by atoms with Gasteiger partial charge in [0.1, 0.15) is 0 Å². The minimum atomic E-state index is 0.0306. The van der Waals surface area contributed by atoms with Crippen LogP contribution >= 0.6 is 50.9 Å². The van der Waals surface area contributed by atoms with E-state index in [0.717, 1.165) is 27.2 Å². The molecule has 2 N–H and O–H groups in total. The lowest BCUT2D eigenvalue weighted by Gasteiger charge is -2.13. The molecule has 0 spiro atoms. The average Bonchev–Trinajstić information content (AvgIpc) is 2.42. The Morgan fingerprint density at radius 3 is 2.65 bits per heavy atom. The van der Waals surface area contributed by atoms with Gasteiger partial charge in [-0.1, -0.05) is 35.3 Å². The highest BCUT2D eigenvalue weighted by molar-refractivity contribution is 9.10. The highest BCUT2D eigenvalue weighted by Crippen LogP contribution is 2.28. The van der Waals surface area contributed by atoms with E-state index in [-0.39, 0.29) is 6.04 Å². The maximum absolute atomic E-state index is 6.18. The van der Waals surface area contributed by atoms with Crippen molar-refractivity contribution in [3.63, 3.8) is 0 Å². The number of hydrogen-bond donors (Lipinski definition) is 1. The van der Waals surface area contributed by atoms with Crippen LogP contribution in [0.25, 0.3) is 0 Å². The molecule has 0 aliphatic carbocycles. The van der Waals surface area contributed by atoms with Crippen molar-refractivity contribution in [1.82, 2.24) is 0 Å². The van der Waals surface area contributed by atoms with Crippen molar-refractivity contribution >= 4 is 50.9 Å². The highest BCUT2D eigenvalue weighted by atomic mass is 79.9. The monoisotopic (exact) mass is 389 g/mol. The zero-order valence-corrected chi connectivity index (χ0v) is 14.6. The van der Waals surface area contributed by atoms with E-state index in [1.165, 1.54) is 4.90 Å². The van der Waals surface area contributed by atoms with Gasteiger partial charge in [0.25, 0.3) is 0 Å². The predicted molar refractivity (Wildman–Crippen MR) is 93.0 cm³/mol. The Kier molecular flexibility index (Phi) is 6.24. The number of hydrogen-bond acceptors (Lipinski definition) is 2. The summed E-state index contributed by atoms with van der Waals surface area (Å²) in [6.07, 6.45) is 0.719. The largest absolute Gasteiger partial charge is 0.327 e. The summed E-state index contributed by atoms with van der Waals surface area (Å²) >= 11 is 17.4. The fourth-order valence-electron chi connectivity index (χ4n) is 1.80. The minimum absolute atomic E-state index is 0.0306. The summed E-state index contributed by atoms with van der Waals surface area (Å²) in [7, 11) is 0. The van der Waals surface area contributed by atoms with Crippen LogP contribution in [-0.4, -0.2) is 11.8 Å². The lowest BCUT2D eigenvalue weighted by Crippen LogP contribution is -2.25. The Hall–Kier alpha value is -0.190. The molecule has 1 atom stereocenters. The van der Waals surface area contributed by atoms with E-state index in [2.05, 4.69) is 22.0 Å². The zero-order chi connectivity index (χ0) is 14.5. The van der Waals surface area contributed by atoms with Gasteiger partial charge in [-0.05, 0) is 58.2 Å². The zero-order valence-electron chi connectivity index (χ0n) is 10.7. The van der Waals surface area contributed by atoms with Gasteiger partial charge in [-0.15, -0.1) is 11.8 Å². The SMILES string of the molecule is NC(CSc1ccccc1Br)Cc1cc(Cl)ccc1Cl. The van der Waals surface area contributed by atoms with Crippen molar-refractivity contribution in [2.45, 2.75) is 17.4 Å².